The molecule has 2 fully saturated rings. The summed E-state index contributed by atoms with van der Waals surface area (Å²) in [6, 6.07) is 0. The first-order valence-corrected chi connectivity index (χ1v) is 10.9. The van der Waals surface area contributed by atoms with Crippen molar-refractivity contribution in [3.8, 4) is 0 Å². The quantitative estimate of drug-likeness (QED) is 0.180. The molecule has 2 aliphatic rings. The van der Waals surface area contributed by atoms with Crippen LogP contribution in [0, 0.1) is 5.92 Å². The average Bonchev–Trinajstić information content (AvgIpc) is 3.22. The second-order valence-electron chi connectivity index (χ2n) is 7.57. The first-order chi connectivity index (χ1) is 13.3. The Kier molecular flexibility index (Phi) is 15.4. The molecule has 2 saturated heterocycles. The Bertz CT molecular complexity index is 400. The zero-order chi connectivity index (χ0) is 19.2. The van der Waals surface area contributed by atoms with E-state index in [9.17, 15) is 0 Å². The highest BCUT2D eigenvalue weighted by molar-refractivity contribution is 14.0. The molecular weight excluding hydrogens is 469 g/mol. The SMILES string of the molecule is CCN1CCN(CCCCNC(=NC)NCCCOCC2CCOC2)CC1.I. The summed E-state index contributed by atoms with van der Waals surface area (Å²) >= 11 is 0. The Morgan fingerprint density at radius 3 is 2.43 bits per heavy atom. The first-order valence-electron chi connectivity index (χ1n) is 10.9. The number of nitrogens with one attached hydrogen (secondary N) is 2. The number of halogens is 1. The van der Waals surface area contributed by atoms with Crippen molar-refractivity contribution < 1.29 is 9.47 Å². The smallest absolute Gasteiger partial charge is 0.190 e. The van der Waals surface area contributed by atoms with E-state index in [1.54, 1.807) is 0 Å². The monoisotopic (exact) mass is 511 g/mol. The largest absolute Gasteiger partial charge is 0.381 e. The predicted octanol–water partition coefficient (Wildman–Crippen LogP) is 1.63. The zero-order valence-corrected chi connectivity index (χ0v) is 20.3. The van der Waals surface area contributed by atoms with E-state index in [1.807, 2.05) is 7.05 Å². The molecule has 0 saturated carbocycles. The summed E-state index contributed by atoms with van der Waals surface area (Å²) in [5.74, 6) is 1.50. The van der Waals surface area contributed by atoms with Crippen molar-refractivity contribution in [2.24, 2.45) is 10.9 Å². The molecule has 0 aliphatic carbocycles. The Labute approximate surface area is 189 Å². The summed E-state index contributed by atoms with van der Waals surface area (Å²) in [5.41, 5.74) is 0. The molecule has 0 aromatic heterocycles. The summed E-state index contributed by atoms with van der Waals surface area (Å²) < 4.78 is 11.1. The second-order valence-corrected chi connectivity index (χ2v) is 7.57. The molecular formula is C20H42IN5O2. The van der Waals surface area contributed by atoms with Crippen LogP contribution in [0.1, 0.15) is 32.6 Å². The molecule has 7 nitrogen and oxygen atoms in total. The highest BCUT2D eigenvalue weighted by Gasteiger charge is 2.15. The van der Waals surface area contributed by atoms with Crippen molar-refractivity contribution in [2.45, 2.75) is 32.6 Å². The maximum Gasteiger partial charge on any atom is 0.190 e. The van der Waals surface area contributed by atoms with Crippen molar-refractivity contribution in [1.82, 2.24) is 20.4 Å². The molecule has 0 aromatic carbocycles. The molecule has 2 heterocycles. The van der Waals surface area contributed by atoms with Crippen LogP contribution in [-0.4, -0.2) is 102 Å². The lowest BCUT2D eigenvalue weighted by molar-refractivity contribution is 0.0888. The molecule has 0 radical (unpaired) electrons. The number of likely N-dealkylation sites (N-methyl/N-ethyl adjacent to an activating group) is 1. The fraction of sp³-hybridized carbons (Fsp3) is 0.950. The van der Waals surface area contributed by atoms with E-state index in [4.69, 9.17) is 9.47 Å². The van der Waals surface area contributed by atoms with Gasteiger partial charge in [-0.05, 0) is 38.8 Å². The third kappa shape index (κ3) is 11.1. The number of hydrogen-bond acceptors (Lipinski definition) is 5. The van der Waals surface area contributed by atoms with Gasteiger partial charge in [0.2, 0.25) is 0 Å². The van der Waals surface area contributed by atoms with Gasteiger partial charge in [-0.3, -0.25) is 4.99 Å². The van der Waals surface area contributed by atoms with Crippen molar-refractivity contribution in [3.63, 3.8) is 0 Å². The van der Waals surface area contributed by atoms with E-state index in [1.165, 1.54) is 52.1 Å². The number of unbranched alkanes of at least 4 members (excludes halogenated alkanes) is 1. The fourth-order valence-electron chi connectivity index (χ4n) is 3.56. The lowest BCUT2D eigenvalue weighted by atomic mass is 10.1. The van der Waals surface area contributed by atoms with E-state index in [-0.39, 0.29) is 24.0 Å². The lowest BCUT2D eigenvalue weighted by Gasteiger charge is -2.34. The highest BCUT2D eigenvalue weighted by Crippen LogP contribution is 2.12. The number of aliphatic imine (C=N–C) groups is 1. The van der Waals surface area contributed by atoms with E-state index in [2.05, 4.69) is 32.3 Å². The van der Waals surface area contributed by atoms with E-state index >= 15 is 0 Å². The number of guanidine groups is 1. The molecule has 2 rings (SSSR count). The van der Waals surface area contributed by atoms with Crippen LogP contribution < -0.4 is 10.6 Å². The third-order valence-electron chi connectivity index (χ3n) is 5.46. The van der Waals surface area contributed by atoms with Crippen molar-refractivity contribution in [1.29, 1.82) is 0 Å². The summed E-state index contributed by atoms with van der Waals surface area (Å²) in [4.78, 5) is 9.42. The molecule has 8 heteroatoms. The van der Waals surface area contributed by atoms with Crippen LogP contribution in [0.5, 0.6) is 0 Å². The van der Waals surface area contributed by atoms with Gasteiger partial charge in [-0.25, -0.2) is 0 Å². The van der Waals surface area contributed by atoms with E-state index in [0.717, 1.165) is 58.3 Å². The minimum absolute atomic E-state index is 0. The molecule has 28 heavy (non-hydrogen) atoms. The lowest BCUT2D eigenvalue weighted by Crippen LogP contribution is -2.46. The maximum atomic E-state index is 5.73. The molecule has 0 aromatic rings. The van der Waals surface area contributed by atoms with Gasteiger partial charge in [-0.15, -0.1) is 24.0 Å². The van der Waals surface area contributed by atoms with Crippen molar-refractivity contribution >= 4 is 29.9 Å². The minimum Gasteiger partial charge on any atom is -0.381 e. The average molecular weight is 511 g/mol. The molecule has 0 amide bonds. The molecule has 0 spiro atoms. The Morgan fingerprint density at radius 2 is 1.79 bits per heavy atom. The summed E-state index contributed by atoms with van der Waals surface area (Å²) in [6.45, 7) is 14.8. The van der Waals surface area contributed by atoms with Gasteiger partial charge >= 0.3 is 0 Å². The summed E-state index contributed by atoms with van der Waals surface area (Å²) in [7, 11) is 1.83. The minimum atomic E-state index is 0. The first kappa shape index (κ1) is 25.9. The van der Waals surface area contributed by atoms with E-state index in [0.29, 0.717) is 5.92 Å². The number of ether oxygens (including phenoxy) is 2. The van der Waals surface area contributed by atoms with Crippen LogP contribution in [0.15, 0.2) is 4.99 Å². The topological polar surface area (TPSA) is 61.4 Å². The normalized spacial score (nSPS) is 21.5. The molecule has 2 N–H and O–H groups in total. The van der Waals surface area contributed by atoms with E-state index < -0.39 is 0 Å². The molecule has 166 valence electrons. The Morgan fingerprint density at radius 1 is 1.07 bits per heavy atom. The number of nitrogens with zero attached hydrogens (tertiary/aromatic N) is 3. The van der Waals surface area contributed by atoms with Crippen LogP contribution in [0.4, 0.5) is 0 Å². The summed E-state index contributed by atoms with van der Waals surface area (Å²) in [5, 5.41) is 6.78. The summed E-state index contributed by atoms with van der Waals surface area (Å²) in [6.07, 6.45) is 4.57. The fourth-order valence-corrected chi connectivity index (χ4v) is 3.56. The predicted molar refractivity (Wildman–Crippen MR) is 127 cm³/mol. The van der Waals surface area contributed by atoms with Crippen molar-refractivity contribution in [3.05, 3.63) is 0 Å². The standard InChI is InChI=1S/C20H41N5O2.HI/c1-3-24-11-13-25(14-12-24)10-5-4-8-22-20(21-2)23-9-6-15-26-17-19-7-16-27-18-19;/h19H,3-18H2,1-2H3,(H2,21,22,23);1H. The van der Waals surface area contributed by atoms with Crippen LogP contribution in [-0.2, 0) is 9.47 Å². The van der Waals surface area contributed by atoms with Crippen LogP contribution >= 0.6 is 24.0 Å². The van der Waals surface area contributed by atoms with Gasteiger partial charge < -0.3 is 29.9 Å². The molecule has 1 unspecified atom stereocenters. The Balaban J connectivity index is 0.00000392. The van der Waals surface area contributed by atoms with Gasteiger partial charge in [0.25, 0.3) is 0 Å². The third-order valence-corrected chi connectivity index (χ3v) is 5.46. The van der Waals surface area contributed by atoms with Gasteiger partial charge in [-0.1, -0.05) is 6.92 Å². The zero-order valence-electron chi connectivity index (χ0n) is 18.0. The molecule has 1 atom stereocenters. The molecule has 2 aliphatic heterocycles. The maximum absolute atomic E-state index is 5.73. The van der Waals surface area contributed by atoms with Gasteiger partial charge in [0.15, 0.2) is 5.96 Å². The van der Waals surface area contributed by atoms with Gasteiger partial charge in [0, 0.05) is 65.4 Å². The number of rotatable bonds is 12. The van der Waals surface area contributed by atoms with Crippen molar-refractivity contribution in [2.75, 3.05) is 85.8 Å². The Hall–Kier alpha value is -0.160. The number of hydrogen-bond donors (Lipinski definition) is 2. The van der Waals surface area contributed by atoms with Gasteiger partial charge in [0.1, 0.15) is 0 Å². The van der Waals surface area contributed by atoms with Crippen LogP contribution in [0.25, 0.3) is 0 Å². The number of piperazine rings is 1. The molecule has 0 bridgehead atoms. The second kappa shape index (κ2) is 16.6. The van der Waals surface area contributed by atoms with Gasteiger partial charge in [0.05, 0.1) is 13.2 Å². The van der Waals surface area contributed by atoms with Crippen LogP contribution in [0.3, 0.4) is 0 Å². The van der Waals surface area contributed by atoms with Crippen LogP contribution in [0.2, 0.25) is 0 Å². The van der Waals surface area contributed by atoms with Gasteiger partial charge in [-0.2, -0.15) is 0 Å². The highest BCUT2D eigenvalue weighted by atomic mass is 127.